The van der Waals surface area contributed by atoms with Gasteiger partial charge >= 0.3 is 0 Å². The molecule has 6 heteroatoms. The van der Waals surface area contributed by atoms with Gasteiger partial charge in [-0.15, -0.1) is 0 Å². The van der Waals surface area contributed by atoms with E-state index in [1.807, 2.05) is 6.92 Å². The Morgan fingerprint density at radius 2 is 2.10 bits per heavy atom. The highest BCUT2D eigenvalue weighted by Crippen LogP contribution is 2.22. The molecule has 0 radical (unpaired) electrons. The van der Waals surface area contributed by atoms with Crippen LogP contribution in [-0.4, -0.2) is 38.4 Å². The monoisotopic (exact) mass is 307 g/mol. The van der Waals surface area contributed by atoms with Gasteiger partial charge in [0.05, 0.1) is 17.4 Å². The van der Waals surface area contributed by atoms with Crippen molar-refractivity contribution in [3.63, 3.8) is 0 Å². The Kier molecular flexibility index (Phi) is 5.34. The molecular weight excluding hydrogens is 286 g/mol. The van der Waals surface area contributed by atoms with E-state index in [4.69, 9.17) is 5.26 Å². The number of nitriles is 1. The Morgan fingerprint density at radius 1 is 1.38 bits per heavy atom. The van der Waals surface area contributed by atoms with E-state index < -0.39 is 10.0 Å². The van der Waals surface area contributed by atoms with Crippen LogP contribution in [0.1, 0.15) is 25.3 Å². The summed E-state index contributed by atoms with van der Waals surface area (Å²) < 4.78 is 27.2. The summed E-state index contributed by atoms with van der Waals surface area (Å²) in [6, 6.07) is 8.74. The topological polar surface area (TPSA) is 73.2 Å². The van der Waals surface area contributed by atoms with Gasteiger partial charge in [0, 0.05) is 19.1 Å². The molecule has 21 heavy (non-hydrogen) atoms. The summed E-state index contributed by atoms with van der Waals surface area (Å²) in [6.07, 6.45) is 1.94. The molecule has 0 bridgehead atoms. The zero-order valence-electron chi connectivity index (χ0n) is 12.2. The number of nitrogens with one attached hydrogen (secondary N) is 1. The quantitative estimate of drug-likeness (QED) is 0.864. The van der Waals surface area contributed by atoms with Crippen LogP contribution in [0.3, 0.4) is 0 Å². The highest BCUT2D eigenvalue weighted by atomic mass is 32.2. The normalized spacial score (nSPS) is 18.8. The standard InChI is InChI=1S/C15H21N3O2S/c1-2-11-18(14-8-10-17-12-14)21(19,20)15-5-3-13(4-6-15)7-9-16/h3-6,14,17H,2,7-8,10-12H2,1H3. The van der Waals surface area contributed by atoms with Crippen LogP contribution in [0.2, 0.25) is 0 Å². The molecule has 2 rings (SSSR count). The van der Waals surface area contributed by atoms with Gasteiger partial charge in [0.2, 0.25) is 10.0 Å². The van der Waals surface area contributed by atoms with E-state index in [0.717, 1.165) is 24.9 Å². The van der Waals surface area contributed by atoms with E-state index in [0.29, 0.717) is 24.4 Å². The van der Waals surface area contributed by atoms with Crippen LogP contribution in [0.5, 0.6) is 0 Å². The third-order valence-electron chi connectivity index (χ3n) is 3.70. The number of hydrogen-bond acceptors (Lipinski definition) is 4. The van der Waals surface area contributed by atoms with Crippen LogP contribution < -0.4 is 5.32 Å². The lowest BCUT2D eigenvalue weighted by molar-refractivity contribution is 0.335. The van der Waals surface area contributed by atoms with E-state index in [1.54, 1.807) is 28.6 Å². The number of sulfonamides is 1. The van der Waals surface area contributed by atoms with Crippen molar-refractivity contribution >= 4 is 10.0 Å². The van der Waals surface area contributed by atoms with Gasteiger partial charge in [-0.2, -0.15) is 9.57 Å². The largest absolute Gasteiger partial charge is 0.315 e. The summed E-state index contributed by atoms with van der Waals surface area (Å²) in [5, 5.41) is 11.9. The Morgan fingerprint density at radius 3 is 2.62 bits per heavy atom. The van der Waals surface area contributed by atoms with E-state index in [9.17, 15) is 8.42 Å². The van der Waals surface area contributed by atoms with Gasteiger partial charge in [0.1, 0.15) is 0 Å². The maximum absolute atomic E-state index is 12.8. The summed E-state index contributed by atoms with van der Waals surface area (Å²) in [5.74, 6) is 0. The van der Waals surface area contributed by atoms with Gasteiger partial charge in [-0.3, -0.25) is 0 Å². The van der Waals surface area contributed by atoms with Crippen molar-refractivity contribution in [2.45, 2.75) is 37.1 Å². The highest BCUT2D eigenvalue weighted by molar-refractivity contribution is 7.89. The molecule has 1 aromatic carbocycles. The van der Waals surface area contributed by atoms with Crippen LogP contribution in [0.25, 0.3) is 0 Å². The predicted octanol–water partition coefficient (Wildman–Crippen LogP) is 1.52. The Hall–Kier alpha value is -1.42. The molecule has 1 aromatic rings. The molecule has 1 saturated heterocycles. The molecule has 1 fully saturated rings. The lowest BCUT2D eigenvalue weighted by atomic mass is 10.2. The number of hydrogen-bond donors (Lipinski definition) is 1. The van der Waals surface area contributed by atoms with Gasteiger partial charge in [-0.05, 0) is 37.1 Å². The van der Waals surface area contributed by atoms with Crippen molar-refractivity contribution in [1.82, 2.24) is 9.62 Å². The van der Waals surface area contributed by atoms with Gasteiger partial charge in [-0.25, -0.2) is 8.42 Å². The summed E-state index contributed by atoms with van der Waals surface area (Å²) in [5.41, 5.74) is 0.834. The maximum atomic E-state index is 12.8. The average molecular weight is 307 g/mol. The van der Waals surface area contributed by atoms with Crippen molar-refractivity contribution < 1.29 is 8.42 Å². The lowest BCUT2D eigenvalue weighted by Crippen LogP contribution is -2.41. The van der Waals surface area contributed by atoms with Crippen LogP contribution >= 0.6 is 0 Å². The molecule has 0 aromatic heterocycles. The zero-order valence-corrected chi connectivity index (χ0v) is 13.1. The molecule has 0 amide bonds. The lowest BCUT2D eigenvalue weighted by Gasteiger charge is -2.27. The smallest absolute Gasteiger partial charge is 0.243 e. The second-order valence-electron chi connectivity index (χ2n) is 5.24. The molecule has 1 aliphatic heterocycles. The van der Waals surface area contributed by atoms with Crippen molar-refractivity contribution in [1.29, 1.82) is 5.26 Å². The molecule has 0 saturated carbocycles. The van der Waals surface area contributed by atoms with Crippen molar-refractivity contribution in [3.05, 3.63) is 29.8 Å². The van der Waals surface area contributed by atoms with Crippen molar-refractivity contribution in [2.75, 3.05) is 19.6 Å². The summed E-state index contributed by atoms with van der Waals surface area (Å²) in [7, 11) is -3.47. The molecule has 1 atom stereocenters. The molecule has 1 N–H and O–H groups in total. The fourth-order valence-corrected chi connectivity index (χ4v) is 4.36. The van der Waals surface area contributed by atoms with Crippen LogP contribution in [0.15, 0.2) is 29.2 Å². The number of rotatable bonds is 6. The van der Waals surface area contributed by atoms with Gasteiger partial charge in [-0.1, -0.05) is 19.1 Å². The van der Waals surface area contributed by atoms with Crippen molar-refractivity contribution in [2.24, 2.45) is 0 Å². The third-order valence-corrected chi connectivity index (χ3v) is 5.66. The Labute approximate surface area is 126 Å². The summed E-state index contributed by atoms with van der Waals surface area (Å²) in [6.45, 7) is 4.10. The van der Waals surface area contributed by atoms with E-state index in [1.165, 1.54) is 0 Å². The first-order valence-corrected chi connectivity index (χ1v) is 8.72. The number of benzene rings is 1. The van der Waals surface area contributed by atoms with Crippen molar-refractivity contribution in [3.8, 4) is 6.07 Å². The zero-order chi connectivity index (χ0) is 15.3. The van der Waals surface area contributed by atoms with Crippen LogP contribution in [0.4, 0.5) is 0 Å². The molecule has 1 heterocycles. The minimum absolute atomic E-state index is 0.0359. The summed E-state index contributed by atoms with van der Waals surface area (Å²) >= 11 is 0. The fraction of sp³-hybridized carbons (Fsp3) is 0.533. The molecule has 1 aliphatic rings. The average Bonchev–Trinajstić information content (AvgIpc) is 2.99. The van der Waals surface area contributed by atoms with Gasteiger partial charge in [0.15, 0.2) is 0 Å². The first kappa shape index (κ1) is 16.0. The van der Waals surface area contributed by atoms with Gasteiger partial charge < -0.3 is 5.32 Å². The van der Waals surface area contributed by atoms with Crippen LogP contribution in [0, 0.1) is 11.3 Å². The maximum Gasteiger partial charge on any atom is 0.243 e. The molecule has 1 unspecified atom stereocenters. The van der Waals surface area contributed by atoms with E-state index >= 15 is 0 Å². The second-order valence-corrected chi connectivity index (χ2v) is 7.13. The molecular formula is C15H21N3O2S. The highest BCUT2D eigenvalue weighted by Gasteiger charge is 2.32. The first-order chi connectivity index (χ1) is 10.1. The Balaban J connectivity index is 2.26. The second kappa shape index (κ2) is 7.03. The van der Waals surface area contributed by atoms with Gasteiger partial charge in [0.25, 0.3) is 0 Å². The van der Waals surface area contributed by atoms with Crippen LogP contribution in [-0.2, 0) is 16.4 Å². The summed E-state index contributed by atoms with van der Waals surface area (Å²) in [4.78, 5) is 0.310. The fourth-order valence-electron chi connectivity index (χ4n) is 2.61. The first-order valence-electron chi connectivity index (χ1n) is 7.28. The number of nitrogens with zero attached hydrogens (tertiary/aromatic N) is 2. The molecule has 0 spiro atoms. The molecule has 114 valence electrons. The Bertz CT molecular complexity index is 599. The minimum Gasteiger partial charge on any atom is -0.315 e. The van der Waals surface area contributed by atoms with E-state index in [2.05, 4.69) is 11.4 Å². The van der Waals surface area contributed by atoms with E-state index in [-0.39, 0.29) is 6.04 Å². The minimum atomic E-state index is -3.47. The SMILES string of the molecule is CCCN(C1CCNC1)S(=O)(=O)c1ccc(CC#N)cc1. The molecule has 5 nitrogen and oxygen atoms in total. The third kappa shape index (κ3) is 3.62. The molecule has 0 aliphatic carbocycles. The predicted molar refractivity (Wildman–Crippen MR) is 81.2 cm³/mol.